The fourth-order valence-electron chi connectivity index (χ4n) is 4.93. The lowest BCUT2D eigenvalue weighted by atomic mass is 10.1. The highest BCUT2D eigenvalue weighted by Gasteiger charge is 2.30. The van der Waals surface area contributed by atoms with Crippen molar-refractivity contribution in [2.75, 3.05) is 18.8 Å². The maximum atomic E-state index is 14.9. The number of pyridine rings is 1. The van der Waals surface area contributed by atoms with Gasteiger partial charge in [0.05, 0.1) is 45.6 Å². The second-order valence-corrected chi connectivity index (χ2v) is 9.31. The number of anilines is 1. The number of fused-ring (bicyclic) bond motifs is 2. The predicted molar refractivity (Wildman–Crippen MR) is 141 cm³/mol. The third-order valence-corrected chi connectivity index (χ3v) is 6.87. The molecule has 4 aromatic heterocycles. The van der Waals surface area contributed by atoms with E-state index in [1.165, 1.54) is 12.1 Å². The molecule has 1 aliphatic rings. The molecule has 1 fully saturated rings. The number of likely N-dealkylation sites (tertiary alicyclic amines) is 1. The molecule has 1 aliphatic heterocycles. The molecule has 0 radical (unpaired) electrons. The van der Waals surface area contributed by atoms with Crippen LogP contribution in [0.3, 0.4) is 0 Å². The Bertz CT molecular complexity index is 1820. The third-order valence-electron chi connectivity index (χ3n) is 6.87. The zero-order valence-corrected chi connectivity index (χ0v) is 20.9. The van der Waals surface area contributed by atoms with Gasteiger partial charge in [0.15, 0.2) is 0 Å². The molecule has 0 saturated carbocycles. The first-order valence-electron chi connectivity index (χ1n) is 12.0. The summed E-state index contributed by atoms with van der Waals surface area (Å²) in [6, 6.07) is 4.80. The number of rotatable bonds is 3. The van der Waals surface area contributed by atoms with Crippen molar-refractivity contribution in [3.63, 3.8) is 0 Å². The van der Waals surface area contributed by atoms with Crippen LogP contribution in [0.25, 0.3) is 33.2 Å². The Labute approximate surface area is 217 Å². The number of imidazole rings is 1. The topological polar surface area (TPSA) is 113 Å². The molecule has 0 aliphatic carbocycles. The van der Waals surface area contributed by atoms with Crippen molar-refractivity contribution in [3.05, 3.63) is 66.6 Å². The normalized spacial score (nSPS) is 15.2. The Balaban J connectivity index is 1.53. The summed E-state index contributed by atoms with van der Waals surface area (Å²) in [6.45, 7) is 4.64. The summed E-state index contributed by atoms with van der Waals surface area (Å²) in [5.41, 5.74) is 10.4. The molecule has 0 unspecified atom stereocenters. The number of nitrogen functional groups attached to an aromatic ring is 1. The van der Waals surface area contributed by atoms with Gasteiger partial charge < -0.3 is 15.2 Å². The second-order valence-electron chi connectivity index (χ2n) is 9.31. The molecule has 2 N–H and O–H groups in total. The first-order valence-corrected chi connectivity index (χ1v) is 12.0. The number of benzene rings is 1. The molecule has 1 saturated heterocycles. The molecule has 1 amide bonds. The van der Waals surface area contributed by atoms with Crippen molar-refractivity contribution in [2.45, 2.75) is 12.5 Å². The molecule has 1 aromatic carbocycles. The lowest BCUT2D eigenvalue weighted by Crippen LogP contribution is -2.27. The minimum Gasteiger partial charge on any atom is -0.383 e. The van der Waals surface area contributed by atoms with Crippen molar-refractivity contribution >= 4 is 33.7 Å². The highest BCUT2D eigenvalue weighted by molar-refractivity contribution is 6.01. The molecular formula is C27H24FN9O. The number of hydrogen-bond acceptors (Lipinski definition) is 6. The van der Waals surface area contributed by atoms with E-state index in [1.54, 1.807) is 39.8 Å². The van der Waals surface area contributed by atoms with Gasteiger partial charge in [0, 0.05) is 51.2 Å². The van der Waals surface area contributed by atoms with Gasteiger partial charge in [-0.05, 0) is 30.6 Å². The average molecular weight is 510 g/mol. The smallest absolute Gasteiger partial charge is 0.246 e. The SMILES string of the molecule is C=CC(=O)N1CC[C@H](n2nc(C#Cc3cc4ncn(C)c4cc3F)c3c(N)ncc(-c4ccn(C)n4)c32)C1. The molecule has 6 rings (SSSR count). The number of halogens is 1. The van der Waals surface area contributed by atoms with Gasteiger partial charge >= 0.3 is 0 Å². The summed E-state index contributed by atoms with van der Waals surface area (Å²) in [5, 5.41) is 9.95. The fourth-order valence-corrected chi connectivity index (χ4v) is 4.93. The molecule has 5 aromatic rings. The van der Waals surface area contributed by atoms with Crippen molar-refractivity contribution in [3.8, 4) is 23.1 Å². The Morgan fingerprint density at radius 1 is 1.24 bits per heavy atom. The molecule has 10 nitrogen and oxygen atoms in total. The zero-order valence-electron chi connectivity index (χ0n) is 20.9. The molecule has 5 heterocycles. The lowest BCUT2D eigenvalue weighted by Gasteiger charge is -2.16. The summed E-state index contributed by atoms with van der Waals surface area (Å²) < 4.78 is 20.2. The van der Waals surface area contributed by atoms with E-state index in [9.17, 15) is 9.18 Å². The molecule has 0 spiro atoms. The van der Waals surface area contributed by atoms with Crippen molar-refractivity contribution < 1.29 is 9.18 Å². The third kappa shape index (κ3) is 3.78. The van der Waals surface area contributed by atoms with Crippen molar-refractivity contribution in [2.24, 2.45) is 14.1 Å². The summed E-state index contributed by atoms with van der Waals surface area (Å²) in [4.78, 5) is 22.7. The standard InChI is InChI=1S/C27H24FN9O/c1-4-24(38)36-10-7-17(14-36)37-26-18(20-8-9-35(3)32-20)13-30-27(29)25(26)21(33-37)6-5-16-11-22-23(12-19(16)28)34(2)15-31-22/h4,8-9,11-13,15,17H,1,7,10,14H2,2-3H3,(H2,29,30)/t17-/m0/s1. The van der Waals surface area contributed by atoms with Gasteiger partial charge in [-0.2, -0.15) is 10.2 Å². The van der Waals surface area contributed by atoms with Gasteiger partial charge in [0.2, 0.25) is 5.91 Å². The summed E-state index contributed by atoms with van der Waals surface area (Å²) in [7, 11) is 3.64. The van der Waals surface area contributed by atoms with Crippen LogP contribution in [-0.2, 0) is 18.9 Å². The maximum absolute atomic E-state index is 14.9. The average Bonchev–Trinajstić information content (AvgIpc) is 3.70. The van der Waals surface area contributed by atoms with E-state index in [0.717, 1.165) is 11.1 Å². The predicted octanol–water partition coefficient (Wildman–Crippen LogP) is 2.80. The number of nitrogens with zero attached hydrogens (tertiary/aromatic N) is 8. The highest BCUT2D eigenvalue weighted by Crippen LogP contribution is 2.35. The maximum Gasteiger partial charge on any atom is 0.246 e. The van der Waals surface area contributed by atoms with E-state index in [4.69, 9.17) is 10.8 Å². The molecule has 11 heteroatoms. The van der Waals surface area contributed by atoms with Crippen LogP contribution in [0.2, 0.25) is 0 Å². The van der Waals surface area contributed by atoms with Gasteiger partial charge in [-0.1, -0.05) is 12.5 Å². The zero-order chi connectivity index (χ0) is 26.6. The number of nitrogens with two attached hydrogens (primary N) is 1. The van der Waals surface area contributed by atoms with Crippen molar-refractivity contribution in [1.82, 2.24) is 39.0 Å². The van der Waals surface area contributed by atoms with Crippen LogP contribution in [-0.4, -0.2) is 58.0 Å². The summed E-state index contributed by atoms with van der Waals surface area (Å²) in [5.74, 6) is 5.63. The van der Waals surface area contributed by atoms with Crippen LogP contribution in [0, 0.1) is 17.7 Å². The summed E-state index contributed by atoms with van der Waals surface area (Å²) >= 11 is 0. The largest absolute Gasteiger partial charge is 0.383 e. The molecule has 1 atom stereocenters. The second kappa shape index (κ2) is 8.85. The van der Waals surface area contributed by atoms with Crippen LogP contribution in [0.4, 0.5) is 10.2 Å². The number of carbonyl (C=O) groups excluding carboxylic acids is 1. The Morgan fingerprint density at radius 3 is 2.84 bits per heavy atom. The summed E-state index contributed by atoms with van der Waals surface area (Å²) in [6.07, 6.45) is 7.15. The minimum absolute atomic E-state index is 0.122. The molecular weight excluding hydrogens is 485 g/mol. The minimum atomic E-state index is -0.452. The van der Waals surface area contributed by atoms with Gasteiger partial charge in [0.1, 0.15) is 17.3 Å². The van der Waals surface area contributed by atoms with E-state index in [2.05, 4.69) is 33.5 Å². The van der Waals surface area contributed by atoms with Gasteiger partial charge in [-0.15, -0.1) is 0 Å². The number of carbonyl (C=O) groups is 1. The van der Waals surface area contributed by atoms with E-state index >= 15 is 0 Å². The van der Waals surface area contributed by atoms with Crippen LogP contribution < -0.4 is 5.73 Å². The van der Waals surface area contributed by atoms with E-state index < -0.39 is 5.82 Å². The van der Waals surface area contributed by atoms with E-state index in [0.29, 0.717) is 47.3 Å². The first-order chi connectivity index (χ1) is 18.3. The molecule has 38 heavy (non-hydrogen) atoms. The molecule has 0 bridgehead atoms. The van der Waals surface area contributed by atoms with E-state index in [-0.39, 0.29) is 23.3 Å². The number of aromatic nitrogens is 7. The van der Waals surface area contributed by atoms with Gasteiger partial charge in [-0.3, -0.25) is 14.2 Å². The Morgan fingerprint density at radius 2 is 2.08 bits per heavy atom. The van der Waals surface area contributed by atoms with Gasteiger partial charge in [-0.25, -0.2) is 14.4 Å². The van der Waals surface area contributed by atoms with E-state index in [1.807, 2.05) is 24.0 Å². The Hall–Kier alpha value is -4.98. The highest BCUT2D eigenvalue weighted by atomic mass is 19.1. The first kappa shape index (κ1) is 23.4. The molecule has 190 valence electrons. The van der Waals surface area contributed by atoms with Crippen LogP contribution in [0.15, 0.2) is 49.6 Å². The van der Waals surface area contributed by atoms with Crippen LogP contribution >= 0.6 is 0 Å². The number of amides is 1. The number of aryl methyl sites for hydroxylation is 2. The lowest BCUT2D eigenvalue weighted by molar-refractivity contribution is -0.125. The van der Waals surface area contributed by atoms with Crippen LogP contribution in [0.1, 0.15) is 23.7 Å². The quantitative estimate of drug-likeness (QED) is 0.296. The Kier molecular flexibility index (Phi) is 5.45. The number of hydrogen-bond donors (Lipinski definition) is 1. The fraction of sp³-hybridized carbons (Fsp3) is 0.222. The van der Waals surface area contributed by atoms with Crippen molar-refractivity contribution in [1.29, 1.82) is 0 Å². The van der Waals surface area contributed by atoms with Crippen LogP contribution in [0.5, 0.6) is 0 Å². The van der Waals surface area contributed by atoms with Gasteiger partial charge in [0.25, 0.3) is 0 Å². The monoisotopic (exact) mass is 509 g/mol.